The molecule has 0 saturated heterocycles. The highest BCUT2D eigenvalue weighted by Crippen LogP contribution is 2.23. The molecule has 0 aliphatic heterocycles. The molecule has 0 spiro atoms. The third-order valence-electron chi connectivity index (χ3n) is 4.78. The first-order valence-corrected chi connectivity index (χ1v) is 11.3. The van der Waals surface area contributed by atoms with Gasteiger partial charge in [0.2, 0.25) is 0 Å². The van der Waals surface area contributed by atoms with E-state index in [-0.39, 0.29) is 5.41 Å². The number of hydrogen-bond donors (Lipinski definition) is 2. The number of sulfone groups is 1. The van der Waals surface area contributed by atoms with E-state index in [0.717, 1.165) is 24.5 Å². The van der Waals surface area contributed by atoms with Crippen LogP contribution in [0.2, 0.25) is 0 Å². The molecule has 2 rings (SSSR count). The van der Waals surface area contributed by atoms with E-state index >= 15 is 0 Å². The minimum absolute atomic E-state index is 0.0227. The second kappa shape index (κ2) is 9.24. The molecule has 2 aromatic rings. The molecule has 0 heterocycles. The first kappa shape index (κ1) is 22.0. The van der Waals surface area contributed by atoms with Crippen LogP contribution in [0.3, 0.4) is 0 Å². The van der Waals surface area contributed by atoms with Gasteiger partial charge in [-0.15, -0.1) is 0 Å². The lowest BCUT2D eigenvalue weighted by molar-refractivity contribution is 0.508. The Morgan fingerprint density at radius 1 is 1.07 bits per heavy atom. The molecule has 0 unspecified atom stereocenters. The van der Waals surface area contributed by atoms with Crippen LogP contribution in [0.5, 0.6) is 0 Å². The number of nitrogens with one attached hydrogen (secondary N) is 2. The molecular weight excluding hydrogens is 370 g/mol. The van der Waals surface area contributed by atoms with Crippen molar-refractivity contribution in [2.24, 2.45) is 4.99 Å². The van der Waals surface area contributed by atoms with E-state index < -0.39 is 9.84 Å². The Balaban J connectivity index is 1.86. The summed E-state index contributed by atoms with van der Waals surface area (Å²) in [5.74, 6) is 0.758. The Morgan fingerprint density at radius 2 is 1.75 bits per heavy atom. The number of benzene rings is 2. The van der Waals surface area contributed by atoms with E-state index in [9.17, 15) is 8.42 Å². The maximum atomic E-state index is 11.5. The van der Waals surface area contributed by atoms with Crippen molar-refractivity contribution >= 4 is 15.8 Å². The lowest BCUT2D eigenvalue weighted by Crippen LogP contribution is -2.44. The fourth-order valence-electron chi connectivity index (χ4n) is 2.92. The van der Waals surface area contributed by atoms with Gasteiger partial charge in [0.15, 0.2) is 15.8 Å². The van der Waals surface area contributed by atoms with Gasteiger partial charge >= 0.3 is 0 Å². The Morgan fingerprint density at radius 3 is 2.32 bits per heavy atom. The molecule has 0 aliphatic carbocycles. The van der Waals surface area contributed by atoms with Crippen molar-refractivity contribution in [2.75, 3.05) is 26.4 Å². The van der Waals surface area contributed by atoms with Gasteiger partial charge in [0.25, 0.3) is 0 Å². The molecule has 2 aromatic carbocycles. The zero-order valence-corrected chi connectivity index (χ0v) is 18.2. The average Bonchev–Trinajstić information content (AvgIpc) is 2.64. The number of rotatable bonds is 7. The molecule has 0 bridgehead atoms. The Hall–Kier alpha value is -2.34. The number of aliphatic imine (C=N–C) groups is 1. The van der Waals surface area contributed by atoms with E-state index in [2.05, 4.69) is 60.7 Å². The lowest BCUT2D eigenvalue weighted by Gasteiger charge is -2.27. The highest BCUT2D eigenvalue weighted by atomic mass is 32.2. The summed E-state index contributed by atoms with van der Waals surface area (Å²) < 4.78 is 23.0. The van der Waals surface area contributed by atoms with E-state index in [1.54, 1.807) is 19.2 Å². The zero-order chi connectivity index (χ0) is 20.8. The van der Waals surface area contributed by atoms with Crippen molar-refractivity contribution in [3.05, 3.63) is 65.2 Å². The molecule has 0 fully saturated rings. The van der Waals surface area contributed by atoms with Crippen LogP contribution in [-0.4, -0.2) is 40.8 Å². The molecule has 0 aromatic heterocycles. The van der Waals surface area contributed by atoms with Crippen LogP contribution < -0.4 is 10.6 Å². The van der Waals surface area contributed by atoms with Crippen LogP contribution in [0.25, 0.3) is 0 Å². The Kier molecular flexibility index (Phi) is 7.24. The molecule has 0 aliphatic rings. The summed E-state index contributed by atoms with van der Waals surface area (Å²) in [7, 11) is -1.39. The first-order chi connectivity index (χ1) is 13.1. The lowest BCUT2D eigenvalue weighted by atomic mass is 9.84. The smallest absolute Gasteiger partial charge is 0.191 e. The number of nitrogens with zero attached hydrogens (tertiary/aromatic N) is 1. The second-order valence-corrected chi connectivity index (χ2v) is 9.79. The largest absolute Gasteiger partial charge is 0.356 e. The summed E-state index contributed by atoms with van der Waals surface area (Å²) in [4.78, 5) is 4.64. The number of aryl methyl sites for hydroxylation is 1. The fraction of sp³-hybridized carbons (Fsp3) is 0.409. The summed E-state index contributed by atoms with van der Waals surface area (Å²) in [6.07, 6.45) is 2.00. The molecule has 0 amide bonds. The van der Waals surface area contributed by atoms with Crippen molar-refractivity contribution < 1.29 is 8.42 Å². The molecule has 2 N–H and O–H groups in total. The third kappa shape index (κ3) is 6.37. The van der Waals surface area contributed by atoms with Gasteiger partial charge in [-0.1, -0.05) is 55.8 Å². The van der Waals surface area contributed by atoms with Crippen LogP contribution in [0.1, 0.15) is 30.5 Å². The first-order valence-electron chi connectivity index (χ1n) is 9.42. The van der Waals surface area contributed by atoms with E-state index in [4.69, 9.17) is 0 Å². The van der Waals surface area contributed by atoms with Gasteiger partial charge in [-0.3, -0.25) is 4.99 Å². The van der Waals surface area contributed by atoms with Crippen LogP contribution in [-0.2, 0) is 21.7 Å². The monoisotopic (exact) mass is 401 g/mol. The van der Waals surface area contributed by atoms with Gasteiger partial charge in [-0.25, -0.2) is 8.42 Å². The maximum Gasteiger partial charge on any atom is 0.191 e. The molecule has 6 heteroatoms. The van der Waals surface area contributed by atoms with Crippen molar-refractivity contribution in [2.45, 2.75) is 37.5 Å². The van der Waals surface area contributed by atoms with Crippen LogP contribution in [0.15, 0.2) is 58.4 Å². The van der Waals surface area contributed by atoms with Crippen molar-refractivity contribution in [3.8, 4) is 0 Å². The van der Waals surface area contributed by atoms with Gasteiger partial charge in [0.1, 0.15) is 0 Å². The summed E-state index contributed by atoms with van der Waals surface area (Å²) >= 11 is 0. The summed E-state index contributed by atoms with van der Waals surface area (Å²) in [6.45, 7) is 8.01. The van der Waals surface area contributed by atoms with Crippen LogP contribution >= 0.6 is 0 Å². The zero-order valence-electron chi connectivity index (χ0n) is 17.4. The quantitative estimate of drug-likeness (QED) is 0.553. The SMILES string of the molecule is CN=C(NCCc1ccc(S(C)(=O)=O)cc1)NCC(C)(C)c1cccc(C)c1. The molecular formula is C22H31N3O2S. The third-order valence-corrected chi connectivity index (χ3v) is 5.91. The molecule has 28 heavy (non-hydrogen) atoms. The standard InChI is InChI=1S/C22H31N3O2S/c1-17-7-6-8-19(15-17)22(2,3)16-25-21(23-4)24-14-13-18-9-11-20(12-10-18)28(5,26)27/h6-12,15H,13-14,16H2,1-5H3,(H2,23,24,25). The highest BCUT2D eigenvalue weighted by Gasteiger charge is 2.21. The van der Waals surface area contributed by atoms with Gasteiger partial charge in [0.05, 0.1) is 4.90 Å². The van der Waals surface area contributed by atoms with Crippen LogP contribution in [0, 0.1) is 6.92 Å². The van der Waals surface area contributed by atoms with E-state index in [1.165, 1.54) is 17.4 Å². The summed E-state index contributed by atoms with van der Waals surface area (Å²) in [5, 5.41) is 6.72. The Bertz CT molecular complexity index is 917. The van der Waals surface area contributed by atoms with Gasteiger partial charge in [-0.05, 0) is 36.6 Å². The predicted molar refractivity (Wildman–Crippen MR) is 117 cm³/mol. The van der Waals surface area contributed by atoms with Crippen molar-refractivity contribution in [3.63, 3.8) is 0 Å². The maximum absolute atomic E-state index is 11.5. The van der Waals surface area contributed by atoms with E-state index in [0.29, 0.717) is 11.4 Å². The molecule has 0 radical (unpaired) electrons. The minimum atomic E-state index is -3.15. The molecule has 5 nitrogen and oxygen atoms in total. The van der Waals surface area contributed by atoms with Gasteiger partial charge in [-0.2, -0.15) is 0 Å². The molecule has 0 atom stereocenters. The fourth-order valence-corrected chi connectivity index (χ4v) is 3.55. The normalized spacial score (nSPS) is 12.7. The summed E-state index contributed by atoms with van der Waals surface area (Å²) in [6, 6.07) is 15.6. The van der Waals surface area contributed by atoms with Crippen LogP contribution in [0.4, 0.5) is 0 Å². The second-order valence-electron chi connectivity index (χ2n) is 7.77. The topological polar surface area (TPSA) is 70.6 Å². The summed E-state index contributed by atoms with van der Waals surface area (Å²) in [5.41, 5.74) is 3.61. The predicted octanol–water partition coefficient (Wildman–Crippen LogP) is 3.08. The van der Waals surface area contributed by atoms with Gasteiger partial charge < -0.3 is 10.6 Å². The van der Waals surface area contributed by atoms with Crippen molar-refractivity contribution in [1.29, 1.82) is 0 Å². The minimum Gasteiger partial charge on any atom is -0.356 e. The number of hydrogen-bond acceptors (Lipinski definition) is 3. The average molecular weight is 402 g/mol. The van der Waals surface area contributed by atoms with Gasteiger partial charge in [0, 0.05) is 31.8 Å². The van der Waals surface area contributed by atoms with E-state index in [1.807, 2.05) is 12.1 Å². The molecule has 0 saturated carbocycles. The van der Waals surface area contributed by atoms with Crippen molar-refractivity contribution in [1.82, 2.24) is 10.6 Å². The highest BCUT2D eigenvalue weighted by molar-refractivity contribution is 7.90. The Labute approximate surface area is 169 Å². The molecule has 152 valence electrons. The number of guanidine groups is 1.